The number of nitrogens with one attached hydrogen (secondary N) is 1. The molecule has 0 spiro atoms. The molecule has 1 rings (SSSR count). The van der Waals surface area contributed by atoms with Gasteiger partial charge in [0.15, 0.2) is 0 Å². The van der Waals surface area contributed by atoms with Crippen molar-refractivity contribution in [2.75, 3.05) is 27.3 Å². The van der Waals surface area contributed by atoms with Gasteiger partial charge >= 0.3 is 12.1 Å². The summed E-state index contributed by atoms with van der Waals surface area (Å²) < 4.78 is 34.5. The van der Waals surface area contributed by atoms with E-state index in [1.807, 2.05) is 83.2 Å². The third kappa shape index (κ3) is 25.2. The van der Waals surface area contributed by atoms with Gasteiger partial charge in [0, 0.05) is 52.5 Å². The van der Waals surface area contributed by atoms with Crippen LogP contribution in [0.4, 0.5) is 4.79 Å². The van der Waals surface area contributed by atoms with Crippen LogP contribution in [0.1, 0.15) is 73.1 Å². The molecule has 0 saturated carbocycles. The zero-order chi connectivity index (χ0) is 39.6. The molecule has 3 N–H and O–H groups in total. The smallest absolute Gasteiger partial charge is 0.404 e. The molecule has 1 unspecified atom stereocenters. The van der Waals surface area contributed by atoms with Gasteiger partial charge in [-0.1, -0.05) is 85.8 Å². The molecule has 0 bridgehead atoms. The molecular weight excluding hydrogens is 693 g/mol. The first kappa shape index (κ1) is 47.5. The van der Waals surface area contributed by atoms with Crippen molar-refractivity contribution in [1.82, 2.24) is 5.32 Å². The summed E-state index contributed by atoms with van der Waals surface area (Å²) in [6.45, 7) is 17.3. The standard InChI is InChI=1S/C41H66N2O9Si/c1-31(2)26-39(44)43-23-22-33(4)27-34(5)38-28-32(3)16-12-10-14-18-37(52-41(42)46)36(50-29-47-6)21-20-35(17-13-11-15-19-40(45)51-38)49-30-48-24-25-53(7,8)9/h10,12,15-16,19-23,26-27,34-38H,11,13-14,17-18,24-25,28-30H2,1-9H3,(H2,42,46)(H,43,44)/b12-10+,19-15+,21-20+,23-22+,32-16+,33-27+/t34-,35?,36-,37-,38-/m1/s1. The minimum absolute atomic E-state index is 0.00491. The van der Waals surface area contributed by atoms with Crippen LogP contribution in [0.2, 0.25) is 25.7 Å². The first-order valence-corrected chi connectivity index (χ1v) is 22.2. The third-order valence-corrected chi connectivity index (χ3v) is 9.74. The lowest BCUT2D eigenvalue weighted by Gasteiger charge is -2.24. The van der Waals surface area contributed by atoms with Crippen LogP contribution in [-0.2, 0) is 38.0 Å². The highest BCUT2D eigenvalue weighted by Gasteiger charge is 2.24. The number of rotatable bonds is 15. The minimum atomic E-state index is -1.24. The molecule has 53 heavy (non-hydrogen) atoms. The van der Waals surface area contributed by atoms with E-state index in [0.29, 0.717) is 38.7 Å². The molecule has 0 aromatic heterocycles. The summed E-state index contributed by atoms with van der Waals surface area (Å²) >= 11 is 0. The summed E-state index contributed by atoms with van der Waals surface area (Å²) in [6.07, 6.45) is 20.5. The Morgan fingerprint density at radius 3 is 2.51 bits per heavy atom. The van der Waals surface area contributed by atoms with Crippen molar-refractivity contribution >= 4 is 26.0 Å². The molecule has 1 aliphatic rings. The Morgan fingerprint density at radius 2 is 1.83 bits per heavy atom. The molecule has 0 saturated heterocycles. The highest BCUT2D eigenvalue weighted by atomic mass is 28.3. The van der Waals surface area contributed by atoms with Crippen molar-refractivity contribution < 1.29 is 42.8 Å². The lowest BCUT2D eigenvalue weighted by molar-refractivity contribution is -0.144. The van der Waals surface area contributed by atoms with E-state index in [4.69, 9.17) is 34.2 Å². The quantitative estimate of drug-likeness (QED) is 0.0321. The normalized spacial score (nSPS) is 24.9. The van der Waals surface area contributed by atoms with E-state index in [1.54, 1.807) is 6.20 Å². The predicted octanol–water partition coefficient (Wildman–Crippen LogP) is 8.20. The Labute approximate surface area is 319 Å². The number of primary amides is 1. The maximum Gasteiger partial charge on any atom is 0.404 e. The number of cyclic esters (lactones) is 1. The summed E-state index contributed by atoms with van der Waals surface area (Å²) in [7, 11) is 0.282. The van der Waals surface area contributed by atoms with Crippen LogP contribution in [-0.4, -0.2) is 77.8 Å². The van der Waals surface area contributed by atoms with E-state index >= 15 is 0 Å². The van der Waals surface area contributed by atoms with E-state index in [-0.39, 0.29) is 31.5 Å². The van der Waals surface area contributed by atoms with E-state index in [1.165, 1.54) is 19.3 Å². The van der Waals surface area contributed by atoms with Crippen molar-refractivity contribution in [3.63, 3.8) is 0 Å². The minimum Gasteiger partial charge on any atom is -0.458 e. The number of amides is 2. The van der Waals surface area contributed by atoms with Crippen LogP contribution in [0, 0.1) is 5.92 Å². The van der Waals surface area contributed by atoms with Gasteiger partial charge in [-0.25, -0.2) is 9.59 Å². The summed E-state index contributed by atoms with van der Waals surface area (Å²) in [4.78, 5) is 36.9. The number of carbonyl (C=O) groups excluding carboxylic acids is 3. The van der Waals surface area contributed by atoms with Gasteiger partial charge in [-0.3, -0.25) is 4.79 Å². The van der Waals surface area contributed by atoms with E-state index in [0.717, 1.165) is 29.2 Å². The van der Waals surface area contributed by atoms with Crippen molar-refractivity contribution in [1.29, 1.82) is 0 Å². The Balaban J connectivity index is 3.28. The SMILES string of the molecule is COCO[C@@H]1/C=C/C(OCOCC[Si](C)(C)C)CCC/C=C/C(=O)O[C@@H]([C@H](C)/C=C(C)/C=C/NC(=O)C=C(C)C)C/C(C)=C/C=C/CC[C@H]1OC(N)=O. The van der Waals surface area contributed by atoms with E-state index in [9.17, 15) is 14.4 Å². The van der Waals surface area contributed by atoms with Crippen molar-refractivity contribution in [2.24, 2.45) is 11.7 Å². The van der Waals surface area contributed by atoms with Crippen molar-refractivity contribution in [3.05, 3.63) is 83.7 Å². The molecule has 11 nitrogen and oxygen atoms in total. The molecular formula is C41H66N2O9Si. The van der Waals surface area contributed by atoms with E-state index in [2.05, 4.69) is 25.0 Å². The fraction of sp³-hybridized carbons (Fsp3) is 0.585. The van der Waals surface area contributed by atoms with Crippen LogP contribution in [0.15, 0.2) is 83.7 Å². The molecule has 0 fully saturated rings. The fourth-order valence-corrected chi connectivity index (χ4v) is 5.92. The molecule has 12 heteroatoms. The number of nitrogens with two attached hydrogens (primary N) is 1. The summed E-state index contributed by atoms with van der Waals surface area (Å²) in [5, 5.41) is 2.73. The Bertz CT molecular complexity index is 1320. The van der Waals surface area contributed by atoms with Gasteiger partial charge in [0.2, 0.25) is 5.91 Å². The number of allylic oxidation sites excluding steroid dienone is 7. The van der Waals surface area contributed by atoms with Crippen LogP contribution in [0.5, 0.6) is 0 Å². The topological polar surface area (TPSA) is 145 Å². The first-order chi connectivity index (χ1) is 25.1. The third-order valence-electron chi connectivity index (χ3n) is 8.03. The largest absolute Gasteiger partial charge is 0.458 e. The van der Waals surface area contributed by atoms with Gasteiger partial charge < -0.3 is 39.5 Å². The maximum atomic E-state index is 13.0. The predicted molar refractivity (Wildman–Crippen MR) is 213 cm³/mol. The van der Waals surface area contributed by atoms with Crippen molar-refractivity contribution in [3.8, 4) is 0 Å². The molecule has 298 valence electrons. The van der Waals surface area contributed by atoms with Gasteiger partial charge in [0.1, 0.15) is 31.9 Å². The summed E-state index contributed by atoms with van der Waals surface area (Å²) in [6, 6.07) is 1.03. The Morgan fingerprint density at radius 1 is 1.08 bits per heavy atom. The average molecular weight is 759 g/mol. The molecule has 0 aromatic carbocycles. The second-order valence-electron chi connectivity index (χ2n) is 14.8. The Kier molecular flexibility index (Phi) is 24.3. The van der Waals surface area contributed by atoms with E-state index < -0.39 is 38.4 Å². The number of esters is 1. The molecule has 0 aliphatic carbocycles. The van der Waals surface area contributed by atoms with Gasteiger partial charge in [0.05, 0.1) is 6.10 Å². The lowest BCUT2D eigenvalue weighted by Crippen LogP contribution is -2.35. The number of carbonyl (C=O) groups is 3. The van der Waals surface area contributed by atoms with Gasteiger partial charge in [-0.05, 0) is 71.9 Å². The zero-order valence-electron chi connectivity index (χ0n) is 33.6. The van der Waals surface area contributed by atoms with Crippen molar-refractivity contribution in [2.45, 2.75) is 123 Å². The monoisotopic (exact) mass is 758 g/mol. The number of hydrogen-bond acceptors (Lipinski definition) is 9. The highest BCUT2D eigenvalue weighted by molar-refractivity contribution is 6.76. The summed E-state index contributed by atoms with van der Waals surface area (Å²) in [5.74, 6) is -0.718. The second-order valence-corrected chi connectivity index (χ2v) is 20.4. The van der Waals surface area contributed by atoms with Crippen LogP contribution in [0.3, 0.4) is 0 Å². The molecule has 5 atom stereocenters. The molecule has 2 amide bonds. The van der Waals surface area contributed by atoms with Crippen LogP contribution >= 0.6 is 0 Å². The highest BCUT2D eigenvalue weighted by Crippen LogP contribution is 2.21. The average Bonchev–Trinajstić information content (AvgIpc) is 3.05. The number of methoxy groups -OCH3 is 1. The number of ether oxygens (including phenoxy) is 6. The van der Waals surface area contributed by atoms with Crippen LogP contribution < -0.4 is 11.1 Å². The second kappa shape index (κ2) is 27.1. The Hall–Kier alpha value is -3.55. The zero-order valence-corrected chi connectivity index (χ0v) is 34.6. The van der Waals surface area contributed by atoms with Gasteiger partial charge in [0.25, 0.3) is 0 Å². The molecule has 0 aromatic rings. The number of hydrogen-bond donors (Lipinski definition) is 2. The maximum absolute atomic E-state index is 13.0. The molecule has 1 aliphatic heterocycles. The summed E-state index contributed by atoms with van der Waals surface area (Å²) in [5.41, 5.74) is 8.31. The molecule has 1 heterocycles. The first-order valence-electron chi connectivity index (χ1n) is 18.5. The fourth-order valence-electron chi connectivity index (χ4n) is 5.17. The van der Waals surface area contributed by atoms with Crippen LogP contribution in [0.25, 0.3) is 0 Å². The molecule has 0 radical (unpaired) electrons. The van der Waals surface area contributed by atoms with Gasteiger partial charge in [-0.2, -0.15) is 0 Å². The van der Waals surface area contributed by atoms with Gasteiger partial charge in [-0.15, -0.1) is 0 Å². The lowest BCUT2D eigenvalue weighted by atomic mass is 9.95.